The van der Waals surface area contributed by atoms with Crippen LogP contribution in [0.15, 0.2) is 30.3 Å². The summed E-state index contributed by atoms with van der Waals surface area (Å²) in [6.07, 6.45) is 0.956. The van der Waals surface area contributed by atoms with Gasteiger partial charge in [0.05, 0.1) is 9.90 Å². The standard InChI is InChI=1S/C14H13ClOS/c1-3-10-8-13(17-9(10)2)14(16)11-6-4-5-7-12(11)15/h4-8H,3H2,1-2H3. The summed E-state index contributed by atoms with van der Waals surface area (Å²) in [4.78, 5) is 14.3. The van der Waals surface area contributed by atoms with Crippen LogP contribution in [0.3, 0.4) is 0 Å². The van der Waals surface area contributed by atoms with E-state index >= 15 is 0 Å². The summed E-state index contributed by atoms with van der Waals surface area (Å²) in [5, 5.41) is 0.515. The molecule has 2 aromatic rings. The maximum absolute atomic E-state index is 12.3. The fraction of sp³-hybridized carbons (Fsp3) is 0.214. The number of rotatable bonds is 3. The lowest BCUT2D eigenvalue weighted by Crippen LogP contribution is -1.99. The topological polar surface area (TPSA) is 17.1 Å². The van der Waals surface area contributed by atoms with Gasteiger partial charge in [0, 0.05) is 10.4 Å². The van der Waals surface area contributed by atoms with Crippen molar-refractivity contribution in [1.29, 1.82) is 0 Å². The highest BCUT2D eigenvalue weighted by atomic mass is 35.5. The van der Waals surface area contributed by atoms with Gasteiger partial charge >= 0.3 is 0 Å². The Kier molecular flexibility index (Phi) is 3.65. The Hall–Kier alpha value is -1.12. The summed E-state index contributed by atoms with van der Waals surface area (Å²) >= 11 is 7.58. The minimum atomic E-state index is 0.0170. The Morgan fingerprint density at radius 2 is 2.06 bits per heavy atom. The first-order valence-corrected chi connectivity index (χ1v) is 6.71. The van der Waals surface area contributed by atoms with Crippen molar-refractivity contribution < 1.29 is 4.79 Å². The molecule has 0 aliphatic carbocycles. The van der Waals surface area contributed by atoms with Crippen molar-refractivity contribution in [2.75, 3.05) is 0 Å². The minimum Gasteiger partial charge on any atom is -0.288 e. The maximum atomic E-state index is 12.3. The molecule has 1 aromatic carbocycles. The van der Waals surface area contributed by atoms with E-state index in [4.69, 9.17) is 11.6 Å². The van der Waals surface area contributed by atoms with Crippen LogP contribution in [0.4, 0.5) is 0 Å². The zero-order valence-corrected chi connectivity index (χ0v) is 11.4. The molecule has 0 unspecified atom stereocenters. The second-order valence-electron chi connectivity index (χ2n) is 3.85. The molecule has 3 heteroatoms. The molecule has 0 atom stereocenters. The van der Waals surface area contributed by atoms with Gasteiger partial charge in [-0.25, -0.2) is 0 Å². The second kappa shape index (κ2) is 5.03. The molecule has 0 saturated heterocycles. The molecule has 1 aromatic heterocycles. The third kappa shape index (κ3) is 2.43. The molecular weight excluding hydrogens is 252 g/mol. The summed E-state index contributed by atoms with van der Waals surface area (Å²) in [5.41, 5.74) is 1.82. The molecule has 0 spiro atoms. The predicted molar refractivity (Wildman–Crippen MR) is 73.3 cm³/mol. The van der Waals surface area contributed by atoms with Crippen molar-refractivity contribution in [3.05, 3.63) is 56.2 Å². The molecule has 0 aliphatic rings. The van der Waals surface area contributed by atoms with Gasteiger partial charge in [-0.05, 0) is 37.1 Å². The first kappa shape index (κ1) is 12.3. The van der Waals surface area contributed by atoms with Gasteiger partial charge < -0.3 is 0 Å². The van der Waals surface area contributed by atoms with Crippen LogP contribution in [-0.4, -0.2) is 5.78 Å². The summed E-state index contributed by atoms with van der Waals surface area (Å²) in [7, 11) is 0. The molecule has 0 radical (unpaired) electrons. The van der Waals surface area contributed by atoms with E-state index in [9.17, 15) is 4.79 Å². The fourth-order valence-corrected chi connectivity index (χ4v) is 3.05. The molecule has 2 rings (SSSR count). The first-order chi connectivity index (χ1) is 8.13. The predicted octanol–water partition coefficient (Wildman–Crippen LogP) is 4.50. The molecular formula is C14H13ClOS. The van der Waals surface area contributed by atoms with Crippen molar-refractivity contribution in [3.63, 3.8) is 0 Å². The van der Waals surface area contributed by atoms with Crippen LogP contribution in [0.25, 0.3) is 0 Å². The van der Waals surface area contributed by atoms with Gasteiger partial charge in [-0.15, -0.1) is 11.3 Å². The summed E-state index contributed by atoms with van der Waals surface area (Å²) in [6.45, 7) is 4.14. The Morgan fingerprint density at radius 3 is 2.65 bits per heavy atom. The molecule has 0 bridgehead atoms. The number of hydrogen-bond donors (Lipinski definition) is 0. The van der Waals surface area contributed by atoms with Crippen LogP contribution in [0.1, 0.15) is 32.6 Å². The molecule has 0 N–H and O–H groups in total. The van der Waals surface area contributed by atoms with Gasteiger partial charge in [-0.3, -0.25) is 4.79 Å². The second-order valence-corrected chi connectivity index (χ2v) is 5.52. The normalized spacial score (nSPS) is 10.5. The third-order valence-electron chi connectivity index (χ3n) is 2.74. The average molecular weight is 265 g/mol. The van der Waals surface area contributed by atoms with Crippen LogP contribution in [0.2, 0.25) is 5.02 Å². The van der Waals surface area contributed by atoms with E-state index in [0.717, 1.165) is 11.3 Å². The van der Waals surface area contributed by atoms with Gasteiger partial charge in [0.1, 0.15) is 0 Å². The molecule has 0 amide bonds. The summed E-state index contributed by atoms with van der Waals surface area (Å²) < 4.78 is 0. The monoisotopic (exact) mass is 264 g/mol. The number of benzene rings is 1. The molecule has 88 valence electrons. The Morgan fingerprint density at radius 1 is 1.35 bits per heavy atom. The van der Waals surface area contributed by atoms with Crippen molar-refractivity contribution in [2.45, 2.75) is 20.3 Å². The first-order valence-electron chi connectivity index (χ1n) is 5.52. The minimum absolute atomic E-state index is 0.0170. The quantitative estimate of drug-likeness (QED) is 0.746. The van der Waals surface area contributed by atoms with Crippen molar-refractivity contribution in [3.8, 4) is 0 Å². The molecule has 17 heavy (non-hydrogen) atoms. The molecule has 1 nitrogen and oxygen atoms in total. The highest BCUT2D eigenvalue weighted by molar-refractivity contribution is 7.14. The largest absolute Gasteiger partial charge is 0.288 e. The Labute approximate surface area is 110 Å². The van der Waals surface area contributed by atoms with E-state index in [0.29, 0.717) is 10.6 Å². The van der Waals surface area contributed by atoms with Crippen LogP contribution >= 0.6 is 22.9 Å². The lowest BCUT2D eigenvalue weighted by atomic mass is 10.1. The molecule has 0 aliphatic heterocycles. The fourth-order valence-electron chi connectivity index (χ4n) is 1.76. The number of aryl methyl sites for hydroxylation is 2. The number of ketones is 1. The summed E-state index contributed by atoms with van der Waals surface area (Å²) in [5.74, 6) is 0.0170. The van der Waals surface area contributed by atoms with Crippen molar-refractivity contribution in [1.82, 2.24) is 0 Å². The third-order valence-corrected chi connectivity index (χ3v) is 4.16. The zero-order valence-electron chi connectivity index (χ0n) is 9.79. The van der Waals surface area contributed by atoms with Crippen molar-refractivity contribution in [2.24, 2.45) is 0 Å². The lowest BCUT2D eigenvalue weighted by molar-refractivity contribution is 0.104. The van der Waals surface area contributed by atoms with E-state index in [1.807, 2.05) is 25.1 Å². The Bertz CT molecular complexity index is 557. The number of carbonyl (C=O) groups is 1. The van der Waals surface area contributed by atoms with Gasteiger partial charge in [-0.2, -0.15) is 0 Å². The van der Waals surface area contributed by atoms with Crippen LogP contribution in [0, 0.1) is 6.92 Å². The van der Waals surface area contributed by atoms with Crippen LogP contribution < -0.4 is 0 Å². The van der Waals surface area contributed by atoms with Gasteiger partial charge in [0.2, 0.25) is 5.78 Å². The lowest BCUT2D eigenvalue weighted by Gasteiger charge is -2.00. The number of thiophene rings is 1. The molecule has 0 saturated carbocycles. The van der Waals surface area contributed by atoms with E-state index < -0.39 is 0 Å². The Balaban J connectivity index is 2.41. The van der Waals surface area contributed by atoms with E-state index in [1.54, 1.807) is 23.5 Å². The highest BCUT2D eigenvalue weighted by Gasteiger charge is 2.15. The molecule has 1 heterocycles. The smallest absolute Gasteiger partial charge is 0.204 e. The highest BCUT2D eigenvalue weighted by Crippen LogP contribution is 2.26. The molecule has 0 fully saturated rings. The maximum Gasteiger partial charge on any atom is 0.204 e. The van der Waals surface area contributed by atoms with E-state index in [1.165, 1.54) is 10.4 Å². The number of halogens is 1. The SMILES string of the molecule is CCc1cc(C(=O)c2ccccc2Cl)sc1C. The number of carbonyl (C=O) groups excluding carboxylic acids is 1. The number of hydrogen-bond acceptors (Lipinski definition) is 2. The van der Waals surface area contributed by atoms with Crippen molar-refractivity contribution >= 4 is 28.7 Å². The van der Waals surface area contributed by atoms with E-state index in [2.05, 4.69) is 6.92 Å². The van der Waals surface area contributed by atoms with Gasteiger partial charge in [0.25, 0.3) is 0 Å². The van der Waals surface area contributed by atoms with E-state index in [-0.39, 0.29) is 5.78 Å². The summed E-state index contributed by atoms with van der Waals surface area (Å²) in [6, 6.07) is 9.16. The van der Waals surface area contributed by atoms with Crippen LogP contribution in [0.5, 0.6) is 0 Å². The van der Waals surface area contributed by atoms with Crippen LogP contribution in [-0.2, 0) is 6.42 Å². The average Bonchev–Trinajstić information content (AvgIpc) is 2.70. The zero-order chi connectivity index (χ0) is 12.4. The van der Waals surface area contributed by atoms with Gasteiger partial charge in [0.15, 0.2) is 0 Å². The van der Waals surface area contributed by atoms with Gasteiger partial charge in [-0.1, -0.05) is 30.7 Å².